The summed E-state index contributed by atoms with van der Waals surface area (Å²) in [5.41, 5.74) is 1.48. The van der Waals surface area contributed by atoms with Crippen LogP contribution in [0.2, 0.25) is 0 Å². The van der Waals surface area contributed by atoms with E-state index in [0.29, 0.717) is 21.0 Å². The minimum Gasteiger partial charge on any atom is -0.296 e. The second kappa shape index (κ2) is 5.60. The molecule has 126 valence electrons. The summed E-state index contributed by atoms with van der Waals surface area (Å²) >= 11 is 1.20. The van der Waals surface area contributed by atoms with E-state index in [-0.39, 0.29) is 10.6 Å². The van der Waals surface area contributed by atoms with Crippen LogP contribution in [0.25, 0.3) is 15.9 Å². The number of fused-ring (bicyclic) bond motifs is 2. The molecule has 8 nitrogen and oxygen atoms in total. The number of aromatic nitrogens is 4. The Kier molecular flexibility index (Phi) is 3.51. The number of sulfone groups is 1. The summed E-state index contributed by atoms with van der Waals surface area (Å²) in [6.07, 6.45) is 4.39. The minimum atomic E-state index is -3.29. The summed E-state index contributed by atoms with van der Waals surface area (Å²) in [5, 5.41) is 7.23. The summed E-state index contributed by atoms with van der Waals surface area (Å²) in [6, 6.07) is 7.93. The van der Waals surface area contributed by atoms with Gasteiger partial charge in [-0.3, -0.25) is 10.1 Å². The predicted octanol–water partition coefficient (Wildman–Crippen LogP) is 1.99. The van der Waals surface area contributed by atoms with E-state index in [2.05, 4.69) is 20.4 Å². The summed E-state index contributed by atoms with van der Waals surface area (Å²) in [7, 11) is -3.29. The Morgan fingerprint density at radius 2 is 2.08 bits per heavy atom. The summed E-state index contributed by atoms with van der Waals surface area (Å²) in [6.45, 7) is 0. The lowest BCUT2D eigenvalue weighted by atomic mass is 10.3. The SMILES string of the molecule is CS(=O)(=O)c1ccc2nc(NC(=O)c3ccc4nccn4n3)sc2c1. The zero-order valence-corrected chi connectivity index (χ0v) is 14.5. The third kappa shape index (κ3) is 2.96. The lowest BCUT2D eigenvalue weighted by Crippen LogP contribution is -2.14. The van der Waals surface area contributed by atoms with Crippen molar-refractivity contribution in [2.45, 2.75) is 4.90 Å². The van der Waals surface area contributed by atoms with Crippen LogP contribution in [0.5, 0.6) is 0 Å². The maximum atomic E-state index is 12.3. The number of carbonyl (C=O) groups excluding carboxylic acids is 1. The molecule has 25 heavy (non-hydrogen) atoms. The molecule has 0 saturated carbocycles. The van der Waals surface area contributed by atoms with Crippen molar-refractivity contribution in [1.29, 1.82) is 0 Å². The number of amides is 1. The molecule has 0 aliphatic heterocycles. The molecule has 3 aromatic heterocycles. The molecule has 3 heterocycles. The zero-order valence-electron chi connectivity index (χ0n) is 12.9. The van der Waals surface area contributed by atoms with Gasteiger partial charge in [-0.1, -0.05) is 11.3 Å². The van der Waals surface area contributed by atoms with Gasteiger partial charge in [-0.25, -0.2) is 22.9 Å². The van der Waals surface area contributed by atoms with Crippen LogP contribution in [-0.4, -0.2) is 40.2 Å². The number of nitrogens with one attached hydrogen (secondary N) is 1. The van der Waals surface area contributed by atoms with Crippen molar-refractivity contribution in [2.75, 3.05) is 11.6 Å². The van der Waals surface area contributed by atoms with E-state index in [0.717, 1.165) is 6.26 Å². The lowest BCUT2D eigenvalue weighted by molar-refractivity contribution is 0.102. The number of anilines is 1. The van der Waals surface area contributed by atoms with Crippen molar-refractivity contribution >= 4 is 48.1 Å². The molecule has 0 atom stereocenters. The monoisotopic (exact) mass is 373 g/mol. The first-order valence-electron chi connectivity index (χ1n) is 7.12. The van der Waals surface area contributed by atoms with Crippen LogP contribution in [0.15, 0.2) is 47.6 Å². The Bertz CT molecular complexity index is 1230. The van der Waals surface area contributed by atoms with Gasteiger partial charge in [-0.2, -0.15) is 5.10 Å². The van der Waals surface area contributed by atoms with Gasteiger partial charge in [0.1, 0.15) is 5.69 Å². The number of thiazole rings is 1. The molecule has 0 aliphatic carbocycles. The molecular weight excluding hydrogens is 362 g/mol. The van der Waals surface area contributed by atoms with Gasteiger partial charge in [0.05, 0.1) is 15.1 Å². The van der Waals surface area contributed by atoms with E-state index < -0.39 is 15.7 Å². The third-order valence-corrected chi connectivity index (χ3v) is 5.54. The second-order valence-electron chi connectivity index (χ2n) is 5.32. The van der Waals surface area contributed by atoms with Crippen LogP contribution in [0.3, 0.4) is 0 Å². The number of carbonyl (C=O) groups is 1. The van der Waals surface area contributed by atoms with Crippen LogP contribution in [0.1, 0.15) is 10.5 Å². The van der Waals surface area contributed by atoms with Crippen molar-refractivity contribution in [2.24, 2.45) is 0 Å². The van der Waals surface area contributed by atoms with Crippen LogP contribution in [-0.2, 0) is 9.84 Å². The molecule has 1 amide bonds. The van der Waals surface area contributed by atoms with Crippen LogP contribution in [0, 0.1) is 0 Å². The normalized spacial score (nSPS) is 11.9. The molecule has 0 radical (unpaired) electrons. The molecule has 4 rings (SSSR count). The Hall–Kier alpha value is -2.85. The Morgan fingerprint density at radius 3 is 2.88 bits per heavy atom. The first kappa shape index (κ1) is 15.7. The smallest absolute Gasteiger partial charge is 0.277 e. The summed E-state index contributed by atoms with van der Waals surface area (Å²) in [5.74, 6) is -0.405. The first-order valence-corrected chi connectivity index (χ1v) is 9.83. The van der Waals surface area contributed by atoms with Crippen LogP contribution >= 0.6 is 11.3 Å². The van der Waals surface area contributed by atoms with E-state index in [1.165, 1.54) is 21.9 Å². The molecular formula is C15H11N5O3S2. The maximum absolute atomic E-state index is 12.3. The first-order chi connectivity index (χ1) is 11.9. The zero-order chi connectivity index (χ0) is 17.6. The molecule has 0 unspecified atom stereocenters. The predicted molar refractivity (Wildman–Crippen MR) is 93.7 cm³/mol. The fourth-order valence-electron chi connectivity index (χ4n) is 2.29. The molecule has 0 saturated heterocycles. The highest BCUT2D eigenvalue weighted by molar-refractivity contribution is 7.90. The number of rotatable bonds is 3. The highest BCUT2D eigenvalue weighted by Crippen LogP contribution is 2.28. The Morgan fingerprint density at radius 1 is 1.24 bits per heavy atom. The number of imidazole rings is 1. The highest BCUT2D eigenvalue weighted by Gasteiger charge is 2.14. The molecule has 0 spiro atoms. The van der Waals surface area contributed by atoms with E-state index in [1.54, 1.807) is 36.7 Å². The molecule has 10 heteroatoms. The topological polar surface area (TPSA) is 106 Å². The van der Waals surface area contributed by atoms with Crippen molar-refractivity contribution in [3.8, 4) is 0 Å². The highest BCUT2D eigenvalue weighted by atomic mass is 32.2. The van der Waals surface area contributed by atoms with Gasteiger partial charge < -0.3 is 0 Å². The van der Waals surface area contributed by atoms with Gasteiger partial charge in [-0.15, -0.1) is 0 Å². The third-order valence-electron chi connectivity index (χ3n) is 3.50. The Balaban J connectivity index is 1.64. The fourth-order valence-corrected chi connectivity index (χ4v) is 3.91. The van der Waals surface area contributed by atoms with Crippen molar-refractivity contribution in [3.63, 3.8) is 0 Å². The molecule has 4 aromatic rings. The number of benzene rings is 1. The second-order valence-corrected chi connectivity index (χ2v) is 8.37. The van der Waals surface area contributed by atoms with Gasteiger partial charge >= 0.3 is 0 Å². The summed E-state index contributed by atoms with van der Waals surface area (Å²) < 4.78 is 25.4. The number of nitrogens with zero attached hydrogens (tertiary/aromatic N) is 4. The standard InChI is InChI=1S/C15H11N5O3S2/c1-25(22,23)9-2-3-10-12(8-9)24-15(17-10)18-14(21)11-4-5-13-16-6-7-20(13)19-11/h2-8H,1H3,(H,17,18,21). The van der Waals surface area contributed by atoms with Gasteiger partial charge in [0.2, 0.25) is 0 Å². The van der Waals surface area contributed by atoms with Crippen molar-refractivity contribution in [3.05, 3.63) is 48.4 Å². The summed E-state index contributed by atoms with van der Waals surface area (Å²) in [4.78, 5) is 20.9. The maximum Gasteiger partial charge on any atom is 0.277 e. The van der Waals surface area contributed by atoms with Gasteiger partial charge in [0, 0.05) is 18.6 Å². The Labute approximate surface area is 146 Å². The number of hydrogen-bond acceptors (Lipinski definition) is 7. The van der Waals surface area contributed by atoms with Gasteiger partial charge in [0.15, 0.2) is 20.6 Å². The fraction of sp³-hybridized carbons (Fsp3) is 0.0667. The van der Waals surface area contributed by atoms with E-state index in [4.69, 9.17) is 0 Å². The molecule has 0 aliphatic rings. The average molecular weight is 373 g/mol. The van der Waals surface area contributed by atoms with Crippen LogP contribution < -0.4 is 5.32 Å². The minimum absolute atomic E-state index is 0.216. The van der Waals surface area contributed by atoms with E-state index >= 15 is 0 Å². The average Bonchev–Trinajstić information content (AvgIpc) is 3.18. The van der Waals surface area contributed by atoms with E-state index in [9.17, 15) is 13.2 Å². The quantitative estimate of drug-likeness (QED) is 0.589. The van der Waals surface area contributed by atoms with Crippen molar-refractivity contribution < 1.29 is 13.2 Å². The molecule has 1 N–H and O–H groups in total. The number of hydrogen-bond donors (Lipinski definition) is 1. The molecule has 0 fully saturated rings. The largest absolute Gasteiger partial charge is 0.296 e. The molecule has 1 aromatic carbocycles. The van der Waals surface area contributed by atoms with Gasteiger partial charge in [0.25, 0.3) is 5.91 Å². The van der Waals surface area contributed by atoms with Crippen LogP contribution in [0.4, 0.5) is 5.13 Å². The lowest BCUT2D eigenvalue weighted by Gasteiger charge is -2.01. The molecule has 0 bridgehead atoms. The van der Waals surface area contributed by atoms with Crippen molar-refractivity contribution in [1.82, 2.24) is 19.6 Å². The van der Waals surface area contributed by atoms with E-state index in [1.807, 2.05) is 0 Å². The van der Waals surface area contributed by atoms with Gasteiger partial charge in [-0.05, 0) is 30.3 Å².